The normalized spacial score (nSPS) is 23.5. The summed E-state index contributed by atoms with van der Waals surface area (Å²) in [5, 5.41) is 2.28. The number of carbonyl (C=O) groups excluding carboxylic acids is 1. The molecule has 3 aliphatic rings. The Balaban J connectivity index is 1.25. The van der Waals surface area contributed by atoms with Gasteiger partial charge in [-0.25, -0.2) is 9.98 Å². The van der Waals surface area contributed by atoms with Gasteiger partial charge in [0.1, 0.15) is 11.6 Å². The van der Waals surface area contributed by atoms with Crippen molar-refractivity contribution in [1.82, 2.24) is 19.8 Å². The Bertz CT molecular complexity index is 1390. The molecule has 0 radical (unpaired) electrons. The number of hydrogen-bond donors (Lipinski definition) is 2. The van der Waals surface area contributed by atoms with Crippen LogP contribution in [0.3, 0.4) is 0 Å². The Labute approximate surface area is 236 Å². The molecule has 2 aromatic rings. The third-order valence-electron chi connectivity index (χ3n) is 7.49. The fourth-order valence-electron chi connectivity index (χ4n) is 5.10. The number of aromatic nitrogens is 2. The van der Waals surface area contributed by atoms with E-state index in [9.17, 15) is 18.0 Å². The first-order chi connectivity index (χ1) is 19.2. The minimum atomic E-state index is -4.45. The van der Waals surface area contributed by atoms with Gasteiger partial charge in [-0.3, -0.25) is 9.69 Å². The molecule has 3 atom stereocenters. The molecule has 2 N–H and O–H groups in total. The Morgan fingerprint density at radius 3 is 2.73 bits per heavy atom. The molecule has 1 saturated heterocycles. The Morgan fingerprint density at radius 2 is 1.98 bits per heavy atom. The van der Waals surface area contributed by atoms with Crippen molar-refractivity contribution in [3.8, 4) is 11.8 Å². The van der Waals surface area contributed by atoms with Gasteiger partial charge in [0, 0.05) is 68.0 Å². The fourth-order valence-corrected chi connectivity index (χ4v) is 5.41. The maximum atomic E-state index is 14.0. The lowest BCUT2D eigenvalue weighted by Gasteiger charge is -2.36. The maximum absolute atomic E-state index is 14.0. The summed E-state index contributed by atoms with van der Waals surface area (Å²) < 4.78 is 42.1. The SMILES string of the molecule is CCN1CCN(CC2=CC=C(C(=O)Nc3cc(C#CC4C=Nc5[nH]ccc5C4Cl)ccn3)CC2C(F)(F)F)CC1. The largest absolute Gasteiger partial charge is 0.395 e. The van der Waals surface area contributed by atoms with Crippen molar-refractivity contribution in [3.63, 3.8) is 0 Å². The number of hydrogen-bond acceptors (Lipinski definition) is 5. The van der Waals surface area contributed by atoms with E-state index >= 15 is 0 Å². The third kappa shape index (κ3) is 6.49. The average molecular weight is 571 g/mol. The van der Waals surface area contributed by atoms with Crippen molar-refractivity contribution in [2.75, 3.05) is 44.6 Å². The number of piperazine rings is 1. The summed E-state index contributed by atoms with van der Waals surface area (Å²) in [5.41, 5.74) is 1.81. The lowest BCUT2D eigenvalue weighted by molar-refractivity contribution is -0.165. The molecule has 1 fully saturated rings. The number of nitrogens with one attached hydrogen (secondary N) is 2. The predicted molar refractivity (Wildman–Crippen MR) is 150 cm³/mol. The molecule has 1 amide bonds. The molecule has 210 valence electrons. The molecule has 4 heterocycles. The molecule has 7 nitrogen and oxygen atoms in total. The molecular weight excluding hydrogens is 541 g/mol. The van der Waals surface area contributed by atoms with E-state index in [0.717, 1.165) is 38.3 Å². The Morgan fingerprint density at radius 1 is 1.20 bits per heavy atom. The van der Waals surface area contributed by atoms with Crippen LogP contribution in [0, 0.1) is 23.7 Å². The van der Waals surface area contributed by atoms with Gasteiger partial charge in [-0.05, 0) is 36.7 Å². The van der Waals surface area contributed by atoms with Crippen molar-refractivity contribution in [2.24, 2.45) is 16.8 Å². The average Bonchev–Trinajstić information content (AvgIpc) is 3.43. The second kappa shape index (κ2) is 12.0. The monoisotopic (exact) mass is 570 g/mol. The van der Waals surface area contributed by atoms with E-state index in [4.69, 9.17) is 11.6 Å². The molecule has 0 spiro atoms. The van der Waals surface area contributed by atoms with Crippen LogP contribution in [0.25, 0.3) is 0 Å². The zero-order valence-electron chi connectivity index (χ0n) is 22.0. The molecule has 40 heavy (non-hydrogen) atoms. The smallest absolute Gasteiger partial charge is 0.346 e. The summed E-state index contributed by atoms with van der Waals surface area (Å²) in [6.45, 7) is 6.40. The van der Waals surface area contributed by atoms with Crippen molar-refractivity contribution in [1.29, 1.82) is 0 Å². The molecule has 2 aliphatic heterocycles. The van der Waals surface area contributed by atoms with E-state index in [2.05, 4.69) is 48.8 Å². The highest BCUT2D eigenvalue weighted by Gasteiger charge is 2.44. The first-order valence-electron chi connectivity index (χ1n) is 13.3. The van der Waals surface area contributed by atoms with Gasteiger partial charge in [0.2, 0.25) is 0 Å². The van der Waals surface area contributed by atoms with E-state index in [1.165, 1.54) is 18.3 Å². The second-order valence-corrected chi connectivity index (χ2v) is 10.6. The number of aliphatic imine (C=N–C) groups is 1. The minimum absolute atomic E-state index is 0.0610. The first-order valence-corrected chi connectivity index (χ1v) is 13.7. The highest BCUT2D eigenvalue weighted by atomic mass is 35.5. The van der Waals surface area contributed by atoms with Crippen LogP contribution in [0.2, 0.25) is 0 Å². The number of halogens is 4. The summed E-state index contributed by atoms with van der Waals surface area (Å²) in [6, 6.07) is 5.13. The zero-order chi connectivity index (χ0) is 28.3. The van der Waals surface area contributed by atoms with Crippen LogP contribution >= 0.6 is 11.6 Å². The molecule has 3 unspecified atom stereocenters. The number of rotatable bonds is 5. The predicted octanol–water partition coefficient (Wildman–Crippen LogP) is 5.08. The van der Waals surface area contributed by atoms with Gasteiger partial charge in [0.25, 0.3) is 5.91 Å². The van der Waals surface area contributed by atoms with Gasteiger partial charge in [-0.2, -0.15) is 13.2 Å². The van der Waals surface area contributed by atoms with Crippen LogP contribution < -0.4 is 5.32 Å². The van der Waals surface area contributed by atoms with Gasteiger partial charge in [-0.15, -0.1) is 11.6 Å². The number of pyridine rings is 1. The number of aromatic amines is 1. The van der Waals surface area contributed by atoms with Crippen molar-refractivity contribution < 1.29 is 18.0 Å². The number of fused-ring (bicyclic) bond motifs is 1. The van der Waals surface area contributed by atoms with E-state index in [1.54, 1.807) is 24.5 Å². The van der Waals surface area contributed by atoms with E-state index in [1.807, 2.05) is 6.07 Å². The number of amides is 1. The van der Waals surface area contributed by atoms with Crippen LogP contribution in [0.15, 0.2) is 58.9 Å². The standard InChI is InChI=1S/C29H30ClF3N6O/c1-2-38-11-13-39(14-12-38)18-22-6-5-20(16-24(22)29(31,32)33)28(40)37-25-15-19(7-9-34-25)3-4-21-17-36-27-23(26(21)30)8-10-35-27/h5-10,15,17,21,24,26,35H,2,11-14,16,18H2,1H3,(H,34,37,40). The topological polar surface area (TPSA) is 76.6 Å². The van der Waals surface area contributed by atoms with Crippen molar-refractivity contribution in [2.45, 2.75) is 24.9 Å². The summed E-state index contributed by atoms with van der Waals surface area (Å²) in [5.74, 6) is 4.43. The number of carbonyl (C=O) groups is 1. The van der Waals surface area contributed by atoms with Gasteiger partial charge in [-0.1, -0.05) is 30.9 Å². The number of H-pyrrole nitrogens is 1. The highest BCUT2D eigenvalue weighted by Crippen LogP contribution is 2.40. The molecule has 0 bridgehead atoms. The summed E-state index contributed by atoms with van der Waals surface area (Å²) >= 11 is 6.55. The van der Waals surface area contributed by atoms with Crippen molar-refractivity contribution in [3.05, 3.63) is 65.0 Å². The second-order valence-electron chi connectivity index (χ2n) is 10.1. The van der Waals surface area contributed by atoms with E-state index in [0.29, 0.717) is 17.0 Å². The van der Waals surface area contributed by atoms with Gasteiger partial charge < -0.3 is 15.2 Å². The van der Waals surface area contributed by atoms with Gasteiger partial charge in [0.15, 0.2) is 0 Å². The zero-order valence-corrected chi connectivity index (χ0v) is 22.8. The summed E-state index contributed by atoms with van der Waals surface area (Å²) in [7, 11) is 0. The molecule has 11 heteroatoms. The molecule has 1 aliphatic carbocycles. The number of alkyl halides is 4. The van der Waals surface area contributed by atoms with Crippen LogP contribution in [0.4, 0.5) is 24.8 Å². The van der Waals surface area contributed by atoms with Crippen LogP contribution in [-0.4, -0.2) is 77.3 Å². The van der Waals surface area contributed by atoms with E-state index in [-0.39, 0.29) is 29.2 Å². The Hall–Kier alpha value is -3.39. The van der Waals surface area contributed by atoms with Gasteiger partial charge >= 0.3 is 6.18 Å². The van der Waals surface area contributed by atoms with Gasteiger partial charge in [0.05, 0.1) is 17.2 Å². The molecule has 2 aromatic heterocycles. The Kier molecular flexibility index (Phi) is 8.45. The number of likely N-dealkylation sites (N-methyl/N-ethyl adjacent to an activating group) is 1. The van der Waals surface area contributed by atoms with E-state index < -0.39 is 24.4 Å². The number of anilines is 1. The molecule has 0 aromatic carbocycles. The lowest BCUT2D eigenvalue weighted by atomic mass is 9.85. The molecule has 0 saturated carbocycles. The maximum Gasteiger partial charge on any atom is 0.395 e. The molecule has 5 rings (SSSR count). The van der Waals surface area contributed by atoms with Crippen LogP contribution in [0.1, 0.15) is 29.8 Å². The van der Waals surface area contributed by atoms with Crippen LogP contribution in [0.5, 0.6) is 0 Å². The van der Waals surface area contributed by atoms with Crippen LogP contribution in [-0.2, 0) is 4.79 Å². The lowest BCUT2D eigenvalue weighted by Crippen LogP contribution is -2.47. The number of nitrogens with zero attached hydrogens (tertiary/aromatic N) is 4. The summed E-state index contributed by atoms with van der Waals surface area (Å²) in [4.78, 5) is 28.8. The number of allylic oxidation sites excluding steroid dienone is 2. The highest BCUT2D eigenvalue weighted by molar-refractivity contribution is 6.23. The third-order valence-corrected chi connectivity index (χ3v) is 8.00. The quantitative estimate of drug-likeness (QED) is 0.388. The first kappa shape index (κ1) is 28.1. The van der Waals surface area contributed by atoms with Crippen molar-refractivity contribution >= 4 is 35.4 Å². The summed E-state index contributed by atoms with van der Waals surface area (Å²) in [6.07, 6.45) is 3.05. The fraction of sp³-hybridized carbons (Fsp3) is 0.414. The molecular formula is C29H30ClF3N6O. The minimum Gasteiger partial charge on any atom is -0.346 e.